The summed E-state index contributed by atoms with van der Waals surface area (Å²) in [6.07, 6.45) is 0. The molecule has 0 fully saturated rings. The summed E-state index contributed by atoms with van der Waals surface area (Å²) in [6, 6.07) is 8.18. The van der Waals surface area contributed by atoms with E-state index in [1.165, 1.54) is 5.56 Å². The van der Waals surface area contributed by atoms with Gasteiger partial charge in [-0.2, -0.15) is 0 Å². The topological polar surface area (TPSA) is 45.7 Å². The molecule has 6 heteroatoms. The molecule has 1 aromatic rings. The molecule has 1 atom stereocenters. The zero-order chi connectivity index (χ0) is 15.9. The average molecular weight is 440 g/mol. The van der Waals surface area contributed by atoms with Crippen LogP contribution in [0.15, 0.2) is 29.3 Å². The fourth-order valence-corrected chi connectivity index (χ4v) is 2.23. The largest absolute Gasteiger partial charge is 0.383 e. The molecular formula is C16H27ClIN3O. The molecule has 0 saturated heterocycles. The fourth-order valence-electron chi connectivity index (χ4n) is 2.04. The van der Waals surface area contributed by atoms with Crippen LogP contribution in [-0.2, 0) is 10.2 Å². The van der Waals surface area contributed by atoms with Gasteiger partial charge in [-0.15, -0.1) is 24.0 Å². The van der Waals surface area contributed by atoms with Gasteiger partial charge in [-0.05, 0) is 24.6 Å². The van der Waals surface area contributed by atoms with Gasteiger partial charge in [-0.1, -0.05) is 37.6 Å². The summed E-state index contributed by atoms with van der Waals surface area (Å²) in [7, 11) is 3.46. The molecule has 1 unspecified atom stereocenters. The van der Waals surface area contributed by atoms with Crippen LogP contribution >= 0.6 is 35.6 Å². The predicted molar refractivity (Wildman–Crippen MR) is 106 cm³/mol. The lowest BCUT2D eigenvalue weighted by molar-refractivity contribution is 0.179. The van der Waals surface area contributed by atoms with Crippen molar-refractivity contribution in [3.8, 4) is 0 Å². The van der Waals surface area contributed by atoms with Crippen molar-refractivity contribution in [3.05, 3.63) is 34.9 Å². The van der Waals surface area contributed by atoms with Crippen LogP contribution in [0.3, 0.4) is 0 Å². The van der Waals surface area contributed by atoms with E-state index in [-0.39, 0.29) is 35.4 Å². The van der Waals surface area contributed by atoms with Crippen LogP contribution in [0.2, 0.25) is 5.02 Å². The lowest BCUT2D eigenvalue weighted by atomic mass is 9.84. The molecular weight excluding hydrogens is 413 g/mol. The van der Waals surface area contributed by atoms with Crippen molar-refractivity contribution in [3.63, 3.8) is 0 Å². The van der Waals surface area contributed by atoms with E-state index < -0.39 is 0 Å². The van der Waals surface area contributed by atoms with Crippen molar-refractivity contribution < 1.29 is 4.74 Å². The quantitative estimate of drug-likeness (QED) is 0.405. The second-order valence-corrected chi connectivity index (χ2v) is 6.26. The summed E-state index contributed by atoms with van der Waals surface area (Å²) in [5.41, 5.74) is 1.15. The maximum atomic E-state index is 6.07. The van der Waals surface area contributed by atoms with E-state index in [2.05, 4.69) is 42.5 Å². The predicted octanol–water partition coefficient (Wildman–Crippen LogP) is 3.44. The summed E-state index contributed by atoms with van der Waals surface area (Å²) in [5, 5.41) is 7.41. The summed E-state index contributed by atoms with van der Waals surface area (Å²) in [6.45, 7) is 7.80. The first kappa shape index (κ1) is 21.5. The highest BCUT2D eigenvalue weighted by atomic mass is 127. The standard InChI is InChI=1S/C16H26ClN3O.HI/c1-12(10-21-5)20-15(18-4)19-11-16(2,3)13-7-6-8-14(17)9-13;/h6-9,12H,10-11H2,1-5H3,(H2,18,19,20);1H. The molecule has 2 N–H and O–H groups in total. The van der Waals surface area contributed by atoms with E-state index in [1.807, 2.05) is 18.2 Å². The number of ether oxygens (including phenoxy) is 1. The molecule has 0 spiro atoms. The third-order valence-electron chi connectivity index (χ3n) is 3.33. The molecule has 0 heterocycles. The number of methoxy groups -OCH3 is 1. The second-order valence-electron chi connectivity index (χ2n) is 5.82. The van der Waals surface area contributed by atoms with Crippen LogP contribution < -0.4 is 10.6 Å². The third-order valence-corrected chi connectivity index (χ3v) is 3.56. The van der Waals surface area contributed by atoms with Gasteiger partial charge in [0.15, 0.2) is 5.96 Å². The first-order chi connectivity index (χ1) is 9.89. The minimum absolute atomic E-state index is 0. The highest BCUT2D eigenvalue weighted by molar-refractivity contribution is 14.0. The van der Waals surface area contributed by atoms with Gasteiger partial charge < -0.3 is 15.4 Å². The lowest BCUT2D eigenvalue weighted by Crippen LogP contribution is -2.47. The summed E-state index contributed by atoms with van der Waals surface area (Å²) in [4.78, 5) is 4.24. The van der Waals surface area contributed by atoms with Crippen LogP contribution in [-0.4, -0.2) is 39.3 Å². The second kappa shape index (κ2) is 10.3. The minimum atomic E-state index is -0.0486. The molecule has 1 aromatic carbocycles. The van der Waals surface area contributed by atoms with Crippen LogP contribution in [0.1, 0.15) is 26.3 Å². The van der Waals surface area contributed by atoms with Gasteiger partial charge in [-0.3, -0.25) is 4.99 Å². The molecule has 1 rings (SSSR count). The number of hydrogen-bond donors (Lipinski definition) is 2. The molecule has 0 aliphatic carbocycles. The molecule has 0 aliphatic heterocycles. The van der Waals surface area contributed by atoms with E-state index in [0.717, 1.165) is 17.5 Å². The Kier molecular flexibility index (Phi) is 10.0. The van der Waals surface area contributed by atoms with Crippen molar-refractivity contribution in [2.45, 2.75) is 32.2 Å². The first-order valence-electron chi connectivity index (χ1n) is 7.11. The van der Waals surface area contributed by atoms with E-state index in [0.29, 0.717) is 6.61 Å². The Bertz CT molecular complexity index is 480. The van der Waals surface area contributed by atoms with Gasteiger partial charge in [0.1, 0.15) is 0 Å². The first-order valence-corrected chi connectivity index (χ1v) is 7.49. The minimum Gasteiger partial charge on any atom is -0.383 e. The van der Waals surface area contributed by atoms with Gasteiger partial charge >= 0.3 is 0 Å². The fraction of sp³-hybridized carbons (Fsp3) is 0.562. The smallest absolute Gasteiger partial charge is 0.191 e. The Morgan fingerprint density at radius 2 is 2.09 bits per heavy atom. The number of hydrogen-bond acceptors (Lipinski definition) is 2. The Morgan fingerprint density at radius 1 is 1.41 bits per heavy atom. The SMILES string of the molecule is CN=C(NCC(C)(C)c1cccc(Cl)c1)NC(C)COC.I. The van der Waals surface area contributed by atoms with Gasteiger partial charge in [0.05, 0.1) is 6.61 Å². The number of nitrogens with zero attached hydrogens (tertiary/aromatic N) is 1. The number of aliphatic imine (C=N–C) groups is 1. The van der Waals surface area contributed by atoms with Crippen LogP contribution in [0.25, 0.3) is 0 Å². The van der Waals surface area contributed by atoms with Gasteiger partial charge in [-0.25, -0.2) is 0 Å². The van der Waals surface area contributed by atoms with Gasteiger partial charge in [0.25, 0.3) is 0 Å². The van der Waals surface area contributed by atoms with Crippen molar-refractivity contribution >= 4 is 41.5 Å². The van der Waals surface area contributed by atoms with Gasteiger partial charge in [0, 0.05) is 37.2 Å². The molecule has 0 saturated carbocycles. The lowest BCUT2D eigenvalue weighted by Gasteiger charge is -2.27. The molecule has 0 radical (unpaired) electrons. The highest BCUT2D eigenvalue weighted by Crippen LogP contribution is 2.24. The Hall–Kier alpha value is -0.530. The Labute approximate surface area is 156 Å². The van der Waals surface area contributed by atoms with Crippen LogP contribution in [0.4, 0.5) is 0 Å². The van der Waals surface area contributed by atoms with Crippen molar-refractivity contribution in [2.75, 3.05) is 27.3 Å². The van der Waals surface area contributed by atoms with Gasteiger partial charge in [0.2, 0.25) is 0 Å². The zero-order valence-electron chi connectivity index (χ0n) is 13.9. The zero-order valence-corrected chi connectivity index (χ0v) is 17.0. The summed E-state index contributed by atoms with van der Waals surface area (Å²) >= 11 is 6.07. The maximum Gasteiger partial charge on any atom is 0.191 e. The number of halogens is 2. The van der Waals surface area contributed by atoms with E-state index in [9.17, 15) is 0 Å². The van der Waals surface area contributed by atoms with Crippen LogP contribution in [0.5, 0.6) is 0 Å². The molecule has 22 heavy (non-hydrogen) atoms. The summed E-state index contributed by atoms with van der Waals surface area (Å²) < 4.78 is 5.12. The van der Waals surface area contributed by atoms with E-state index >= 15 is 0 Å². The number of guanidine groups is 1. The average Bonchev–Trinajstić information content (AvgIpc) is 2.43. The molecule has 0 aromatic heterocycles. The molecule has 0 bridgehead atoms. The normalized spacial score (nSPS) is 13.3. The number of rotatable bonds is 6. The van der Waals surface area contributed by atoms with E-state index in [1.54, 1.807) is 14.2 Å². The van der Waals surface area contributed by atoms with E-state index in [4.69, 9.17) is 16.3 Å². The molecule has 4 nitrogen and oxygen atoms in total. The van der Waals surface area contributed by atoms with Crippen molar-refractivity contribution in [1.82, 2.24) is 10.6 Å². The Morgan fingerprint density at radius 3 is 2.64 bits per heavy atom. The molecule has 0 aliphatic rings. The molecule has 126 valence electrons. The van der Waals surface area contributed by atoms with Crippen molar-refractivity contribution in [2.24, 2.45) is 4.99 Å². The highest BCUT2D eigenvalue weighted by Gasteiger charge is 2.21. The number of nitrogens with one attached hydrogen (secondary N) is 2. The van der Waals surface area contributed by atoms with Crippen LogP contribution in [0, 0.1) is 0 Å². The monoisotopic (exact) mass is 439 g/mol. The molecule has 0 amide bonds. The number of benzene rings is 1. The Balaban J connectivity index is 0.00000441. The third kappa shape index (κ3) is 7.15. The van der Waals surface area contributed by atoms with Crippen molar-refractivity contribution in [1.29, 1.82) is 0 Å². The maximum absolute atomic E-state index is 6.07. The summed E-state index contributed by atoms with van der Waals surface area (Å²) in [5.74, 6) is 0.773.